The lowest BCUT2D eigenvalue weighted by Gasteiger charge is -2.16. The number of nitrogens with zero attached hydrogens (tertiary/aromatic N) is 1. The van der Waals surface area contributed by atoms with Crippen LogP contribution in [-0.2, 0) is 4.79 Å². The predicted molar refractivity (Wildman–Crippen MR) is 99.8 cm³/mol. The van der Waals surface area contributed by atoms with Crippen LogP contribution >= 0.6 is 0 Å². The molecule has 3 aromatic rings. The first-order valence-electron chi connectivity index (χ1n) is 8.14. The number of amides is 2. The lowest BCUT2D eigenvalue weighted by Crippen LogP contribution is -2.35. The Kier molecular flexibility index (Phi) is 4.57. The maximum absolute atomic E-state index is 12.5. The van der Waals surface area contributed by atoms with Crippen molar-refractivity contribution in [3.8, 4) is 0 Å². The van der Waals surface area contributed by atoms with Crippen LogP contribution in [-0.4, -0.2) is 35.3 Å². The smallest absolute Gasteiger partial charge is 0.270 e. The Labute approximate surface area is 146 Å². The zero-order chi connectivity index (χ0) is 18.0. The highest BCUT2D eigenvalue weighted by molar-refractivity contribution is 6.01. The van der Waals surface area contributed by atoms with Crippen molar-refractivity contribution in [2.24, 2.45) is 0 Å². The Morgan fingerprint density at radius 1 is 1.00 bits per heavy atom. The van der Waals surface area contributed by atoms with Crippen LogP contribution in [0.25, 0.3) is 10.9 Å². The SMILES string of the molecule is Cc1ccc(NC(=O)CN(C)C(=O)c2cc3ccc(C)cc3[nH]2)cc1. The number of benzene rings is 2. The monoisotopic (exact) mass is 335 g/mol. The molecule has 0 saturated heterocycles. The quantitative estimate of drug-likeness (QED) is 0.766. The van der Waals surface area contributed by atoms with E-state index >= 15 is 0 Å². The fourth-order valence-corrected chi connectivity index (χ4v) is 2.69. The van der Waals surface area contributed by atoms with Crippen LogP contribution in [0.15, 0.2) is 48.5 Å². The van der Waals surface area contributed by atoms with Crippen molar-refractivity contribution >= 4 is 28.4 Å². The molecule has 0 radical (unpaired) electrons. The third-order valence-corrected chi connectivity index (χ3v) is 4.07. The number of H-pyrrole nitrogens is 1. The standard InChI is InChI=1S/C20H21N3O2/c1-13-5-8-16(9-6-13)21-19(24)12-23(3)20(25)18-11-15-7-4-14(2)10-17(15)22-18/h4-11,22H,12H2,1-3H3,(H,21,24). The molecule has 2 aromatic carbocycles. The van der Waals surface area contributed by atoms with Crippen LogP contribution in [0.1, 0.15) is 21.6 Å². The Morgan fingerprint density at radius 3 is 2.40 bits per heavy atom. The molecule has 0 aliphatic rings. The normalized spacial score (nSPS) is 10.7. The van der Waals surface area contributed by atoms with Gasteiger partial charge in [-0.3, -0.25) is 9.59 Å². The molecule has 0 aliphatic heterocycles. The van der Waals surface area contributed by atoms with E-state index in [0.29, 0.717) is 5.69 Å². The molecule has 1 aromatic heterocycles. The number of fused-ring (bicyclic) bond motifs is 1. The molecule has 5 nitrogen and oxygen atoms in total. The van der Waals surface area contributed by atoms with Crippen LogP contribution in [0, 0.1) is 13.8 Å². The number of hydrogen-bond acceptors (Lipinski definition) is 2. The van der Waals surface area contributed by atoms with Gasteiger partial charge in [-0.15, -0.1) is 0 Å². The minimum absolute atomic E-state index is 0.0128. The zero-order valence-corrected chi connectivity index (χ0v) is 14.6. The lowest BCUT2D eigenvalue weighted by atomic mass is 10.2. The van der Waals surface area contributed by atoms with Crippen LogP contribution in [0.2, 0.25) is 0 Å². The molecule has 2 amide bonds. The first-order valence-corrected chi connectivity index (χ1v) is 8.14. The van der Waals surface area contributed by atoms with Crippen molar-refractivity contribution in [2.45, 2.75) is 13.8 Å². The Hall–Kier alpha value is -3.08. The number of carbonyl (C=O) groups is 2. The summed E-state index contributed by atoms with van der Waals surface area (Å²) >= 11 is 0. The second-order valence-electron chi connectivity index (χ2n) is 6.35. The summed E-state index contributed by atoms with van der Waals surface area (Å²) in [6, 6.07) is 15.3. The molecule has 0 unspecified atom stereocenters. The largest absolute Gasteiger partial charge is 0.351 e. The van der Waals surface area contributed by atoms with Crippen LogP contribution < -0.4 is 5.32 Å². The van der Waals surface area contributed by atoms with Crippen molar-refractivity contribution < 1.29 is 9.59 Å². The highest BCUT2D eigenvalue weighted by atomic mass is 16.2. The fraction of sp³-hybridized carbons (Fsp3) is 0.200. The van der Waals surface area contributed by atoms with Gasteiger partial charge < -0.3 is 15.2 Å². The van der Waals surface area contributed by atoms with Gasteiger partial charge in [0.15, 0.2) is 0 Å². The molecule has 0 spiro atoms. The average molecular weight is 335 g/mol. The van der Waals surface area contributed by atoms with Crippen molar-refractivity contribution in [2.75, 3.05) is 18.9 Å². The number of carbonyl (C=O) groups excluding carboxylic acids is 2. The molecule has 2 N–H and O–H groups in total. The highest BCUT2D eigenvalue weighted by Crippen LogP contribution is 2.18. The molecule has 0 saturated carbocycles. The van der Waals surface area contributed by atoms with E-state index in [9.17, 15) is 9.59 Å². The van der Waals surface area contributed by atoms with Gasteiger partial charge in [-0.05, 0) is 43.7 Å². The molecular formula is C20H21N3O2. The lowest BCUT2D eigenvalue weighted by molar-refractivity contribution is -0.116. The molecule has 1 heterocycles. The average Bonchev–Trinajstić information content (AvgIpc) is 2.99. The number of hydrogen-bond donors (Lipinski definition) is 2. The Bertz CT molecular complexity index is 926. The van der Waals surface area contributed by atoms with Gasteiger partial charge in [0.2, 0.25) is 5.91 Å². The minimum atomic E-state index is -0.230. The highest BCUT2D eigenvalue weighted by Gasteiger charge is 2.17. The number of aromatic amines is 1. The van der Waals surface area contributed by atoms with Gasteiger partial charge >= 0.3 is 0 Å². The molecule has 25 heavy (non-hydrogen) atoms. The fourth-order valence-electron chi connectivity index (χ4n) is 2.69. The first-order chi connectivity index (χ1) is 11.9. The van der Waals surface area contributed by atoms with E-state index in [1.54, 1.807) is 7.05 Å². The number of aryl methyl sites for hydroxylation is 2. The van der Waals surface area contributed by atoms with Crippen molar-refractivity contribution in [1.82, 2.24) is 9.88 Å². The van der Waals surface area contributed by atoms with E-state index in [-0.39, 0.29) is 18.4 Å². The van der Waals surface area contributed by atoms with Gasteiger partial charge in [0.1, 0.15) is 5.69 Å². The van der Waals surface area contributed by atoms with Gasteiger partial charge in [0.05, 0.1) is 6.54 Å². The Balaban J connectivity index is 1.66. The number of nitrogens with one attached hydrogen (secondary N) is 2. The summed E-state index contributed by atoms with van der Waals surface area (Å²) in [6.45, 7) is 3.98. The van der Waals surface area contributed by atoms with Gasteiger partial charge in [0.25, 0.3) is 5.91 Å². The summed E-state index contributed by atoms with van der Waals surface area (Å²) in [5.41, 5.74) is 4.36. The molecule has 3 rings (SSSR count). The molecule has 0 aliphatic carbocycles. The van der Waals surface area contributed by atoms with E-state index in [0.717, 1.165) is 27.7 Å². The topological polar surface area (TPSA) is 65.2 Å². The van der Waals surface area contributed by atoms with E-state index < -0.39 is 0 Å². The second-order valence-corrected chi connectivity index (χ2v) is 6.35. The Morgan fingerprint density at radius 2 is 1.68 bits per heavy atom. The third kappa shape index (κ3) is 3.88. The first kappa shape index (κ1) is 16.8. The van der Waals surface area contributed by atoms with Crippen LogP contribution in [0.4, 0.5) is 5.69 Å². The predicted octanol–water partition coefficient (Wildman–Crippen LogP) is 3.50. The molecule has 5 heteroatoms. The van der Waals surface area contributed by atoms with Crippen LogP contribution in [0.3, 0.4) is 0 Å². The zero-order valence-electron chi connectivity index (χ0n) is 14.6. The van der Waals surface area contributed by atoms with Gasteiger partial charge in [0, 0.05) is 23.6 Å². The van der Waals surface area contributed by atoms with Gasteiger partial charge in [-0.1, -0.05) is 29.8 Å². The summed E-state index contributed by atoms with van der Waals surface area (Å²) < 4.78 is 0. The van der Waals surface area contributed by atoms with Crippen molar-refractivity contribution in [3.63, 3.8) is 0 Å². The van der Waals surface area contributed by atoms with E-state index in [1.807, 2.05) is 62.4 Å². The van der Waals surface area contributed by atoms with Crippen molar-refractivity contribution in [3.05, 3.63) is 65.4 Å². The molecule has 0 bridgehead atoms. The second kappa shape index (κ2) is 6.81. The summed E-state index contributed by atoms with van der Waals surface area (Å²) in [6.07, 6.45) is 0. The summed E-state index contributed by atoms with van der Waals surface area (Å²) in [7, 11) is 1.62. The van der Waals surface area contributed by atoms with Gasteiger partial charge in [-0.2, -0.15) is 0 Å². The maximum Gasteiger partial charge on any atom is 0.270 e. The minimum Gasteiger partial charge on any atom is -0.351 e. The molecule has 0 fully saturated rings. The van der Waals surface area contributed by atoms with Crippen molar-refractivity contribution in [1.29, 1.82) is 0 Å². The molecular weight excluding hydrogens is 314 g/mol. The van der Waals surface area contributed by atoms with Crippen LogP contribution in [0.5, 0.6) is 0 Å². The van der Waals surface area contributed by atoms with E-state index in [4.69, 9.17) is 0 Å². The number of aromatic nitrogens is 1. The van der Waals surface area contributed by atoms with E-state index in [1.165, 1.54) is 4.90 Å². The third-order valence-electron chi connectivity index (χ3n) is 4.07. The molecule has 128 valence electrons. The summed E-state index contributed by atoms with van der Waals surface area (Å²) in [5.74, 6) is -0.445. The van der Waals surface area contributed by atoms with E-state index in [2.05, 4.69) is 10.3 Å². The number of rotatable bonds is 4. The maximum atomic E-state index is 12.5. The summed E-state index contributed by atoms with van der Waals surface area (Å²) in [4.78, 5) is 29.2. The number of anilines is 1. The van der Waals surface area contributed by atoms with Gasteiger partial charge in [-0.25, -0.2) is 0 Å². The molecule has 0 atom stereocenters. The number of likely N-dealkylation sites (N-methyl/N-ethyl adjacent to an activating group) is 1. The summed E-state index contributed by atoms with van der Waals surface area (Å²) in [5, 5.41) is 3.78.